The summed E-state index contributed by atoms with van der Waals surface area (Å²) in [5.74, 6) is -4.81. The van der Waals surface area contributed by atoms with Crippen molar-refractivity contribution in [2.45, 2.75) is 70.1 Å². The first-order valence-electron chi connectivity index (χ1n) is 15.1. The van der Waals surface area contributed by atoms with Gasteiger partial charge in [-0.2, -0.15) is 0 Å². The highest BCUT2D eigenvalue weighted by Crippen LogP contribution is 2.11. The van der Waals surface area contributed by atoms with Crippen LogP contribution < -0.4 is 38.5 Å². The van der Waals surface area contributed by atoms with E-state index in [1.54, 1.807) is 60.7 Å². The minimum absolute atomic E-state index is 0.0251. The van der Waals surface area contributed by atoms with Crippen LogP contribution in [0, 0.1) is 5.92 Å². The van der Waals surface area contributed by atoms with Gasteiger partial charge >= 0.3 is 6.09 Å². The van der Waals surface area contributed by atoms with Crippen molar-refractivity contribution in [3.63, 3.8) is 0 Å². The lowest BCUT2D eigenvalue weighted by molar-refractivity contribution is -0.141. The standard InChI is InChI=1S/C32H44N8O7/c1-19(2)16-24(39-29(44)25(40-32(46)47)18-21-12-7-4-8-13-21)28(43)38-23(17-20-10-5-3-6-11-20)26(41)30(45)37-22(27(33)42)14-9-15-36-31(34)35/h3-8,10-13,19,22-25,40H,9,14-18H2,1-2H3,(H2,33,42)(H,37,45)(H,38,43)(H,39,44)(H,46,47)(H4,34,35,36)/t22-,23?,24+,25+/m1/s1. The molecule has 0 bridgehead atoms. The van der Waals surface area contributed by atoms with Crippen molar-refractivity contribution in [3.8, 4) is 0 Å². The molecule has 47 heavy (non-hydrogen) atoms. The summed E-state index contributed by atoms with van der Waals surface area (Å²) in [7, 11) is 0. The number of nitrogens with one attached hydrogen (secondary N) is 4. The summed E-state index contributed by atoms with van der Waals surface area (Å²) in [6.45, 7) is 3.81. The van der Waals surface area contributed by atoms with Gasteiger partial charge in [0, 0.05) is 19.4 Å². The number of nitrogens with zero attached hydrogens (tertiary/aromatic N) is 1. The summed E-state index contributed by atoms with van der Waals surface area (Å²) in [6.07, 6.45) is -1.00. The minimum Gasteiger partial charge on any atom is -0.465 e. The van der Waals surface area contributed by atoms with Gasteiger partial charge in [-0.3, -0.25) is 29.0 Å². The van der Waals surface area contributed by atoms with E-state index in [-0.39, 0.29) is 50.5 Å². The highest BCUT2D eigenvalue weighted by atomic mass is 16.4. The van der Waals surface area contributed by atoms with Crippen LogP contribution in [0.1, 0.15) is 44.2 Å². The number of guanidine groups is 1. The lowest BCUT2D eigenvalue weighted by Gasteiger charge is -2.26. The second-order valence-corrected chi connectivity index (χ2v) is 11.4. The van der Waals surface area contributed by atoms with Gasteiger partial charge in [0.2, 0.25) is 23.5 Å². The number of carboxylic acid groups (broad SMARTS) is 1. The van der Waals surface area contributed by atoms with E-state index in [1.807, 2.05) is 13.8 Å². The zero-order valence-electron chi connectivity index (χ0n) is 26.5. The molecule has 254 valence electrons. The molecule has 2 aromatic rings. The Bertz CT molecular complexity index is 1400. The van der Waals surface area contributed by atoms with E-state index in [4.69, 9.17) is 17.2 Å². The number of primary amides is 1. The quantitative estimate of drug-likeness (QED) is 0.0429. The fraction of sp³-hybridized carbons (Fsp3) is 0.406. The summed E-state index contributed by atoms with van der Waals surface area (Å²) >= 11 is 0. The van der Waals surface area contributed by atoms with Crippen molar-refractivity contribution in [1.82, 2.24) is 21.3 Å². The molecular weight excluding hydrogens is 608 g/mol. The van der Waals surface area contributed by atoms with Crippen molar-refractivity contribution < 1.29 is 33.9 Å². The van der Waals surface area contributed by atoms with Crippen molar-refractivity contribution in [3.05, 3.63) is 71.8 Å². The van der Waals surface area contributed by atoms with E-state index in [1.165, 1.54) is 0 Å². The number of hydrogen-bond acceptors (Lipinski definition) is 7. The monoisotopic (exact) mass is 652 g/mol. The SMILES string of the molecule is CC(C)C[C@H](NC(=O)[C@H](Cc1ccccc1)NC(=O)O)C(=O)NC(Cc1ccccc1)C(=O)C(=O)N[C@H](CCCN=C(N)N)C(N)=O. The number of amides is 5. The molecule has 0 aliphatic rings. The Kier molecular flexibility index (Phi) is 15.4. The number of hydrogen-bond donors (Lipinski definition) is 8. The first-order valence-corrected chi connectivity index (χ1v) is 15.1. The first kappa shape index (κ1) is 37.7. The smallest absolute Gasteiger partial charge is 0.405 e. The molecule has 0 saturated heterocycles. The van der Waals surface area contributed by atoms with Gasteiger partial charge < -0.3 is 43.6 Å². The van der Waals surface area contributed by atoms with E-state index in [0.717, 1.165) is 0 Å². The molecule has 4 atom stereocenters. The Hall–Kier alpha value is -5.47. The minimum atomic E-state index is -1.42. The lowest BCUT2D eigenvalue weighted by atomic mass is 9.98. The molecule has 15 nitrogen and oxygen atoms in total. The predicted molar refractivity (Wildman–Crippen MR) is 175 cm³/mol. The number of Topliss-reactive ketones (excluding diaryl/α,β-unsaturated/α-hetero) is 1. The van der Waals surface area contributed by atoms with Crippen LogP contribution in [0.3, 0.4) is 0 Å². The molecule has 0 heterocycles. The fourth-order valence-electron chi connectivity index (χ4n) is 4.69. The Labute approximate surface area is 273 Å². The van der Waals surface area contributed by atoms with Crippen LogP contribution in [0.5, 0.6) is 0 Å². The molecule has 0 aromatic heterocycles. The van der Waals surface area contributed by atoms with Gasteiger partial charge in [-0.25, -0.2) is 4.79 Å². The van der Waals surface area contributed by atoms with Crippen molar-refractivity contribution in [2.24, 2.45) is 28.1 Å². The molecular formula is C32H44N8O7. The second-order valence-electron chi connectivity index (χ2n) is 11.4. The Morgan fingerprint density at radius 3 is 1.70 bits per heavy atom. The molecule has 0 aliphatic carbocycles. The topological polar surface area (TPSA) is 261 Å². The predicted octanol–water partition coefficient (Wildman–Crippen LogP) is -0.283. The Morgan fingerprint density at radius 1 is 0.702 bits per heavy atom. The number of nitrogens with two attached hydrogens (primary N) is 3. The van der Waals surface area contributed by atoms with E-state index in [9.17, 15) is 33.9 Å². The van der Waals surface area contributed by atoms with Crippen LogP contribution >= 0.6 is 0 Å². The summed E-state index contributed by atoms with van der Waals surface area (Å²) < 4.78 is 0. The molecule has 0 fully saturated rings. The van der Waals surface area contributed by atoms with Crippen LogP contribution in [0.15, 0.2) is 65.7 Å². The maximum absolute atomic E-state index is 13.7. The van der Waals surface area contributed by atoms with Gasteiger partial charge in [0.25, 0.3) is 5.91 Å². The number of aliphatic imine (C=N–C) groups is 1. The molecule has 0 saturated carbocycles. The molecule has 5 amide bonds. The Balaban J connectivity index is 2.27. The lowest BCUT2D eigenvalue weighted by Crippen LogP contribution is -2.58. The van der Waals surface area contributed by atoms with E-state index >= 15 is 0 Å². The number of rotatable bonds is 19. The van der Waals surface area contributed by atoms with Crippen LogP contribution in [-0.4, -0.2) is 77.3 Å². The van der Waals surface area contributed by atoms with Gasteiger partial charge in [-0.05, 0) is 36.3 Å². The maximum Gasteiger partial charge on any atom is 0.405 e. The zero-order valence-corrected chi connectivity index (χ0v) is 26.5. The molecule has 11 N–H and O–H groups in total. The van der Waals surface area contributed by atoms with Crippen LogP contribution in [0.2, 0.25) is 0 Å². The van der Waals surface area contributed by atoms with Crippen molar-refractivity contribution in [1.29, 1.82) is 0 Å². The van der Waals surface area contributed by atoms with Crippen molar-refractivity contribution >= 4 is 41.5 Å². The van der Waals surface area contributed by atoms with Crippen LogP contribution in [0.4, 0.5) is 4.79 Å². The highest BCUT2D eigenvalue weighted by molar-refractivity contribution is 6.38. The Morgan fingerprint density at radius 2 is 1.21 bits per heavy atom. The van der Waals surface area contributed by atoms with E-state index in [0.29, 0.717) is 11.1 Å². The molecule has 0 spiro atoms. The van der Waals surface area contributed by atoms with Gasteiger partial charge in [-0.15, -0.1) is 0 Å². The molecule has 0 radical (unpaired) electrons. The van der Waals surface area contributed by atoms with Crippen LogP contribution in [0.25, 0.3) is 0 Å². The van der Waals surface area contributed by atoms with E-state index < -0.39 is 59.7 Å². The first-order chi connectivity index (χ1) is 22.3. The molecule has 15 heteroatoms. The average Bonchev–Trinajstić information content (AvgIpc) is 3.01. The fourth-order valence-corrected chi connectivity index (χ4v) is 4.69. The summed E-state index contributed by atoms with van der Waals surface area (Å²) in [6, 6.07) is 12.4. The van der Waals surface area contributed by atoms with Gasteiger partial charge in [0.05, 0.1) is 0 Å². The highest BCUT2D eigenvalue weighted by Gasteiger charge is 2.33. The zero-order chi connectivity index (χ0) is 34.9. The largest absolute Gasteiger partial charge is 0.465 e. The van der Waals surface area contributed by atoms with Crippen LogP contribution in [-0.2, 0) is 36.8 Å². The third-order valence-corrected chi connectivity index (χ3v) is 6.97. The third-order valence-electron chi connectivity index (χ3n) is 6.97. The summed E-state index contributed by atoms with van der Waals surface area (Å²) in [5.41, 5.74) is 17.4. The molecule has 0 aliphatic heterocycles. The number of benzene rings is 2. The second kappa shape index (κ2) is 19.1. The van der Waals surface area contributed by atoms with Gasteiger partial charge in [0.1, 0.15) is 24.2 Å². The van der Waals surface area contributed by atoms with Crippen molar-refractivity contribution in [2.75, 3.05) is 6.54 Å². The summed E-state index contributed by atoms with van der Waals surface area (Å²) in [4.78, 5) is 80.8. The summed E-state index contributed by atoms with van der Waals surface area (Å²) in [5, 5.41) is 19.1. The normalized spacial score (nSPS) is 13.3. The molecule has 2 aromatic carbocycles. The number of ketones is 1. The number of carbonyl (C=O) groups is 6. The third kappa shape index (κ3) is 14.0. The molecule has 2 rings (SSSR count). The average molecular weight is 653 g/mol. The maximum atomic E-state index is 13.7. The van der Waals surface area contributed by atoms with Gasteiger partial charge in [0.15, 0.2) is 5.96 Å². The molecule has 1 unspecified atom stereocenters. The van der Waals surface area contributed by atoms with Gasteiger partial charge in [-0.1, -0.05) is 74.5 Å². The number of carbonyl (C=O) groups excluding carboxylic acids is 5. The van der Waals surface area contributed by atoms with E-state index in [2.05, 4.69) is 26.3 Å².